The molecule has 10 heteroatoms. The Morgan fingerprint density at radius 3 is 2.50 bits per heavy atom. The summed E-state index contributed by atoms with van der Waals surface area (Å²) in [6.07, 6.45) is 4.74. The molecule has 4 rings (SSSR count). The normalized spacial score (nSPS) is 23.4. The van der Waals surface area contributed by atoms with Crippen LogP contribution >= 0.6 is 0 Å². The van der Waals surface area contributed by atoms with Crippen LogP contribution in [0.1, 0.15) is 32.1 Å². The highest BCUT2D eigenvalue weighted by Crippen LogP contribution is 2.40. The van der Waals surface area contributed by atoms with Gasteiger partial charge in [0, 0.05) is 18.8 Å². The van der Waals surface area contributed by atoms with Crippen molar-refractivity contribution in [2.24, 2.45) is 21.5 Å². The van der Waals surface area contributed by atoms with E-state index < -0.39 is 15.7 Å². The third-order valence-corrected chi connectivity index (χ3v) is 7.43. The van der Waals surface area contributed by atoms with Gasteiger partial charge in [0.2, 0.25) is 21.9 Å². The highest BCUT2D eigenvalue weighted by Gasteiger charge is 2.43. The van der Waals surface area contributed by atoms with Gasteiger partial charge in [0.25, 0.3) is 0 Å². The van der Waals surface area contributed by atoms with Crippen molar-refractivity contribution in [2.75, 3.05) is 31.2 Å². The Labute approximate surface area is 165 Å². The van der Waals surface area contributed by atoms with Crippen LogP contribution in [0.4, 0.5) is 5.69 Å². The molecule has 1 saturated heterocycles. The molecule has 3 aliphatic rings. The molecule has 1 aliphatic carbocycles. The Kier molecular flexibility index (Phi) is 5.02. The molecule has 2 heterocycles. The van der Waals surface area contributed by atoms with Crippen LogP contribution in [0.15, 0.2) is 39.1 Å². The molecule has 4 N–H and O–H groups in total. The first-order valence-electron chi connectivity index (χ1n) is 9.60. The molecule has 2 aliphatic heterocycles. The van der Waals surface area contributed by atoms with E-state index in [0.717, 1.165) is 32.1 Å². The third kappa shape index (κ3) is 3.36. The van der Waals surface area contributed by atoms with Gasteiger partial charge in [0.05, 0.1) is 18.1 Å². The maximum atomic E-state index is 13.1. The number of rotatable bonds is 3. The molecular formula is C18H26N6O3S. The maximum Gasteiger partial charge on any atom is 0.243 e. The number of aliphatic imine (C=N–C) groups is 2. The average molecular weight is 407 g/mol. The molecule has 0 radical (unpaired) electrons. The molecular weight excluding hydrogens is 380 g/mol. The van der Waals surface area contributed by atoms with E-state index in [0.29, 0.717) is 32.0 Å². The molecule has 1 spiro atoms. The van der Waals surface area contributed by atoms with Crippen LogP contribution in [0.2, 0.25) is 0 Å². The highest BCUT2D eigenvalue weighted by molar-refractivity contribution is 7.89. The van der Waals surface area contributed by atoms with E-state index in [1.54, 1.807) is 18.2 Å². The van der Waals surface area contributed by atoms with E-state index in [1.165, 1.54) is 4.31 Å². The van der Waals surface area contributed by atoms with Gasteiger partial charge in [-0.05, 0) is 43.9 Å². The van der Waals surface area contributed by atoms with Crippen LogP contribution in [-0.2, 0) is 14.8 Å². The van der Waals surface area contributed by atoms with Gasteiger partial charge in [-0.1, -0.05) is 12.5 Å². The van der Waals surface area contributed by atoms with Crippen molar-refractivity contribution >= 4 is 27.6 Å². The Hall–Kier alpha value is -2.17. The first-order valence-corrected chi connectivity index (χ1v) is 11.0. The predicted octanol–water partition coefficient (Wildman–Crippen LogP) is 0.817. The molecule has 9 nitrogen and oxygen atoms in total. The molecule has 0 amide bonds. The van der Waals surface area contributed by atoms with Crippen LogP contribution in [0.5, 0.6) is 0 Å². The molecule has 2 fully saturated rings. The Morgan fingerprint density at radius 2 is 1.79 bits per heavy atom. The lowest BCUT2D eigenvalue weighted by Crippen LogP contribution is -2.58. The maximum absolute atomic E-state index is 13.1. The largest absolute Gasteiger partial charge is 0.379 e. The zero-order chi connectivity index (χ0) is 19.8. The summed E-state index contributed by atoms with van der Waals surface area (Å²) in [4.78, 5) is 10.9. The summed E-state index contributed by atoms with van der Waals surface area (Å²) < 4.78 is 32.9. The molecule has 1 aromatic carbocycles. The summed E-state index contributed by atoms with van der Waals surface area (Å²) in [5.74, 6) is 0.420. The standard InChI is InChI=1S/C18H26N6O3S/c19-16-21-17(20)24(18(22-16)7-2-1-3-8-18)14-5-4-6-15(13-14)28(25,26)23-9-11-27-12-10-23/h4-6,13H,1-3,7-12H2,(H4,19,20,21,22). The second kappa shape index (κ2) is 7.34. The topological polar surface area (TPSA) is 127 Å². The fourth-order valence-electron chi connectivity index (χ4n) is 4.21. The molecule has 152 valence electrons. The summed E-state index contributed by atoms with van der Waals surface area (Å²) in [5, 5.41) is 0. The zero-order valence-corrected chi connectivity index (χ0v) is 16.6. The summed E-state index contributed by atoms with van der Waals surface area (Å²) in [5.41, 5.74) is 12.2. The van der Waals surface area contributed by atoms with E-state index in [2.05, 4.69) is 9.98 Å². The molecule has 0 bridgehead atoms. The number of nitrogens with zero attached hydrogens (tertiary/aromatic N) is 4. The van der Waals surface area contributed by atoms with Gasteiger partial charge in [-0.2, -0.15) is 9.30 Å². The van der Waals surface area contributed by atoms with Crippen LogP contribution in [-0.4, -0.2) is 56.6 Å². The van der Waals surface area contributed by atoms with Crippen molar-refractivity contribution < 1.29 is 13.2 Å². The number of benzene rings is 1. The van der Waals surface area contributed by atoms with Gasteiger partial charge in [0.15, 0.2) is 0 Å². The minimum absolute atomic E-state index is 0.174. The van der Waals surface area contributed by atoms with Crippen LogP contribution in [0.3, 0.4) is 0 Å². The van der Waals surface area contributed by atoms with Crippen LogP contribution in [0.25, 0.3) is 0 Å². The minimum atomic E-state index is -3.61. The molecule has 1 saturated carbocycles. The van der Waals surface area contributed by atoms with Gasteiger partial charge < -0.3 is 16.2 Å². The van der Waals surface area contributed by atoms with Crippen molar-refractivity contribution in [2.45, 2.75) is 42.7 Å². The number of sulfonamides is 1. The van der Waals surface area contributed by atoms with Crippen LogP contribution in [0, 0.1) is 0 Å². The molecule has 28 heavy (non-hydrogen) atoms. The Bertz CT molecular complexity index is 902. The number of hydrogen-bond acceptors (Lipinski definition) is 8. The Morgan fingerprint density at radius 1 is 1.07 bits per heavy atom. The van der Waals surface area contributed by atoms with E-state index in [-0.39, 0.29) is 16.8 Å². The van der Waals surface area contributed by atoms with Crippen molar-refractivity contribution in [3.8, 4) is 0 Å². The smallest absolute Gasteiger partial charge is 0.243 e. The van der Waals surface area contributed by atoms with E-state index in [9.17, 15) is 8.42 Å². The first-order chi connectivity index (χ1) is 13.4. The number of morpholine rings is 1. The Balaban J connectivity index is 1.73. The van der Waals surface area contributed by atoms with E-state index in [1.807, 2.05) is 11.0 Å². The average Bonchev–Trinajstić information content (AvgIpc) is 2.69. The summed E-state index contributed by atoms with van der Waals surface area (Å²) in [7, 11) is -3.61. The van der Waals surface area contributed by atoms with Crippen molar-refractivity contribution in [1.82, 2.24) is 4.31 Å². The molecule has 1 aromatic rings. The van der Waals surface area contributed by atoms with Crippen molar-refractivity contribution in [1.29, 1.82) is 0 Å². The number of guanidine groups is 2. The van der Waals surface area contributed by atoms with Gasteiger partial charge >= 0.3 is 0 Å². The predicted molar refractivity (Wildman–Crippen MR) is 108 cm³/mol. The minimum Gasteiger partial charge on any atom is -0.379 e. The lowest BCUT2D eigenvalue weighted by Gasteiger charge is -2.45. The zero-order valence-electron chi connectivity index (χ0n) is 15.7. The lowest BCUT2D eigenvalue weighted by molar-refractivity contribution is 0.0730. The van der Waals surface area contributed by atoms with Crippen molar-refractivity contribution in [3.05, 3.63) is 24.3 Å². The van der Waals surface area contributed by atoms with Gasteiger partial charge in [-0.3, -0.25) is 4.90 Å². The van der Waals surface area contributed by atoms with Gasteiger partial charge in [0.1, 0.15) is 5.66 Å². The first kappa shape index (κ1) is 19.2. The SMILES string of the molecule is NC1=NC2(CCCCC2)N(c2cccc(S(=O)(=O)N3CCOCC3)c2)C(N)=N1. The molecule has 0 aromatic heterocycles. The van der Waals surface area contributed by atoms with Crippen molar-refractivity contribution in [3.63, 3.8) is 0 Å². The number of nitrogens with two attached hydrogens (primary N) is 2. The lowest BCUT2D eigenvalue weighted by atomic mass is 9.87. The van der Waals surface area contributed by atoms with Gasteiger partial charge in [-0.15, -0.1) is 0 Å². The van der Waals surface area contributed by atoms with Crippen LogP contribution < -0.4 is 16.4 Å². The number of ether oxygens (including phenoxy) is 1. The summed E-state index contributed by atoms with van der Waals surface area (Å²) >= 11 is 0. The molecule has 0 unspecified atom stereocenters. The number of hydrogen-bond donors (Lipinski definition) is 2. The number of anilines is 1. The fourth-order valence-corrected chi connectivity index (χ4v) is 5.66. The molecule has 0 atom stereocenters. The quantitative estimate of drug-likeness (QED) is 0.765. The van der Waals surface area contributed by atoms with Gasteiger partial charge in [-0.25, -0.2) is 13.4 Å². The van der Waals surface area contributed by atoms with E-state index in [4.69, 9.17) is 16.2 Å². The second-order valence-electron chi connectivity index (χ2n) is 7.33. The van der Waals surface area contributed by atoms with E-state index >= 15 is 0 Å². The summed E-state index contributed by atoms with van der Waals surface area (Å²) in [6.45, 7) is 1.51. The third-order valence-electron chi connectivity index (χ3n) is 5.54. The highest BCUT2D eigenvalue weighted by atomic mass is 32.2. The second-order valence-corrected chi connectivity index (χ2v) is 9.27. The fraction of sp³-hybridized carbons (Fsp3) is 0.556. The monoisotopic (exact) mass is 406 g/mol. The summed E-state index contributed by atoms with van der Waals surface area (Å²) in [6, 6.07) is 6.83.